The second kappa shape index (κ2) is 7.93. The van der Waals surface area contributed by atoms with Crippen molar-refractivity contribution in [3.63, 3.8) is 0 Å². The molecule has 4 nitrogen and oxygen atoms in total. The van der Waals surface area contributed by atoms with Gasteiger partial charge in [0.25, 0.3) is 0 Å². The lowest BCUT2D eigenvalue weighted by Crippen LogP contribution is -2.64. The monoisotopic (exact) mass is 389 g/mol. The van der Waals surface area contributed by atoms with Crippen molar-refractivity contribution in [1.29, 1.82) is 0 Å². The molecule has 1 atom stereocenters. The molecule has 2 saturated heterocycles. The highest BCUT2D eigenvalue weighted by atomic mass is 19.1. The van der Waals surface area contributed by atoms with Crippen LogP contribution in [-0.2, 0) is 17.9 Å². The van der Waals surface area contributed by atoms with Crippen molar-refractivity contribution in [2.24, 2.45) is 0 Å². The summed E-state index contributed by atoms with van der Waals surface area (Å²) in [6, 6.07) is 9.45. The number of rotatable bonds is 4. The number of fused-ring (bicyclic) bond motifs is 1. The Morgan fingerprint density at radius 2 is 1.46 bits per heavy atom. The normalized spacial score (nSPS) is 21.0. The van der Waals surface area contributed by atoms with Crippen molar-refractivity contribution in [1.82, 2.24) is 14.7 Å². The molecule has 2 aromatic carbocycles. The molecule has 2 heterocycles. The van der Waals surface area contributed by atoms with Gasteiger partial charge in [0, 0.05) is 51.9 Å². The minimum Gasteiger partial charge on any atom is -0.336 e. The molecule has 2 aliphatic heterocycles. The van der Waals surface area contributed by atoms with Crippen molar-refractivity contribution >= 4 is 5.91 Å². The van der Waals surface area contributed by atoms with Gasteiger partial charge >= 0.3 is 0 Å². The van der Waals surface area contributed by atoms with Crippen molar-refractivity contribution in [2.45, 2.75) is 19.1 Å². The molecule has 28 heavy (non-hydrogen) atoms. The number of benzene rings is 2. The predicted molar refractivity (Wildman–Crippen MR) is 98.8 cm³/mol. The van der Waals surface area contributed by atoms with Crippen molar-refractivity contribution in [3.8, 4) is 0 Å². The maximum absolute atomic E-state index is 13.4. The Morgan fingerprint density at radius 1 is 0.786 bits per heavy atom. The van der Waals surface area contributed by atoms with Crippen molar-refractivity contribution < 1.29 is 18.0 Å². The second-order valence-electron chi connectivity index (χ2n) is 7.45. The predicted octanol–water partition coefficient (Wildman–Crippen LogP) is 2.63. The number of piperazine rings is 2. The van der Waals surface area contributed by atoms with Crippen LogP contribution in [0.5, 0.6) is 0 Å². The van der Waals surface area contributed by atoms with Gasteiger partial charge in [-0.1, -0.05) is 12.1 Å². The third-order valence-corrected chi connectivity index (χ3v) is 5.44. The standard InChI is InChI=1S/C21H22F3N3O/c22-17-3-1-15(2-4-17)13-27-8-7-26-6-5-25(14-20(26)21(27)28)12-16-9-18(23)11-19(24)10-16/h1-4,9-11,20H,5-8,12-14H2. The van der Waals surface area contributed by atoms with Crippen LogP contribution < -0.4 is 0 Å². The molecule has 7 heteroatoms. The van der Waals surface area contributed by atoms with E-state index in [-0.39, 0.29) is 17.8 Å². The van der Waals surface area contributed by atoms with Crippen molar-refractivity contribution in [3.05, 3.63) is 71.0 Å². The van der Waals surface area contributed by atoms with Gasteiger partial charge in [0.2, 0.25) is 5.91 Å². The molecule has 0 aromatic heterocycles. The summed E-state index contributed by atoms with van der Waals surface area (Å²) in [6.07, 6.45) is 0. The van der Waals surface area contributed by atoms with Crippen LogP contribution in [0.3, 0.4) is 0 Å². The molecule has 0 saturated carbocycles. The fourth-order valence-electron chi connectivity index (χ4n) is 4.02. The maximum atomic E-state index is 13.4. The fourth-order valence-corrected chi connectivity index (χ4v) is 4.02. The Kier molecular flexibility index (Phi) is 5.37. The molecular formula is C21H22F3N3O. The molecule has 4 rings (SSSR count). The third-order valence-electron chi connectivity index (χ3n) is 5.44. The van der Waals surface area contributed by atoms with Gasteiger partial charge in [-0.15, -0.1) is 0 Å². The van der Waals surface area contributed by atoms with E-state index in [1.54, 1.807) is 17.0 Å². The Labute approximate surface area is 162 Å². The van der Waals surface area contributed by atoms with E-state index in [0.29, 0.717) is 31.7 Å². The lowest BCUT2D eigenvalue weighted by atomic mass is 10.1. The summed E-state index contributed by atoms with van der Waals surface area (Å²) in [6.45, 7) is 4.32. The van der Waals surface area contributed by atoms with Crippen LogP contribution >= 0.6 is 0 Å². The Morgan fingerprint density at radius 3 is 2.18 bits per heavy atom. The zero-order chi connectivity index (χ0) is 19.7. The first kappa shape index (κ1) is 19.0. The smallest absolute Gasteiger partial charge is 0.241 e. The van der Waals surface area contributed by atoms with Crippen LogP contribution in [0.2, 0.25) is 0 Å². The van der Waals surface area contributed by atoms with E-state index in [0.717, 1.165) is 31.3 Å². The summed E-state index contributed by atoms with van der Waals surface area (Å²) in [4.78, 5) is 19.0. The zero-order valence-electron chi connectivity index (χ0n) is 15.5. The number of carbonyl (C=O) groups is 1. The number of hydrogen-bond acceptors (Lipinski definition) is 3. The van der Waals surface area contributed by atoms with Crippen LogP contribution in [0.4, 0.5) is 13.2 Å². The number of amides is 1. The van der Waals surface area contributed by atoms with E-state index >= 15 is 0 Å². The van der Waals surface area contributed by atoms with Gasteiger partial charge in [-0.25, -0.2) is 13.2 Å². The first-order valence-corrected chi connectivity index (χ1v) is 9.42. The maximum Gasteiger partial charge on any atom is 0.241 e. The summed E-state index contributed by atoms with van der Waals surface area (Å²) >= 11 is 0. The summed E-state index contributed by atoms with van der Waals surface area (Å²) in [5.41, 5.74) is 1.46. The highest BCUT2D eigenvalue weighted by Gasteiger charge is 2.38. The average Bonchev–Trinajstić information content (AvgIpc) is 2.65. The van der Waals surface area contributed by atoms with E-state index in [1.807, 2.05) is 0 Å². The molecule has 2 fully saturated rings. The molecule has 2 aliphatic rings. The minimum atomic E-state index is -0.590. The van der Waals surface area contributed by atoms with E-state index in [2.05, 4.69) is 9.80 Å². The zero-order valence-corrected chi connectivity index (χ0v) is 15.5. The van der Waals surface area contributed by atoms with Crippen LogP contribution in [0.15, 0.2) is 42.5 Å². The van der Waals surface area contributed by atoms with Crippen molar-refractivity contribution in [2.75, 3.05) is 32.7 Å². The highest BCUT2D eigenvalue weighted by Crippen LogP contribution is 2.21. The first-order valence-electron chi connectivity index (χ1n) is 9.42. The molecule has 0 bridgehead atoms. The number of hydrogen-bond donors (Lipinski definition) is 0. The molecule has 148 valence electrons. The summed E-state index contributed by atoms with van der Waals surface area (Å²) in [5.74, 6) is -1.43. The van der Waals surface area contributed by atoms with Gasteiger partial charge in [-0.3, -0.25) is 14.6 Å². The van der Waals surface area contributed by atoms with Gasteiger partial charge in [0.1, 0.15) is 23.5 Å². The number of halogens is 3. The van der Waals surface area contributed by atoms with Gasteiger partial charge in [0.15, 0.2) is 0 Å². The molecule has 0 aliphatic carbocycles. The summed E-state index contributed by atoms with van der Waals surface area (Å²) < 4.78 is 40.0. The molecule has 0 N–H and O–H groups in total. The van der Waals surface area contributed by atoms with E-state index in [4.69, 9.17) is 0 Å². The first-order chi connectivity index (χ1) is 13.5. The van der Waals surface area contributed by atoms with E-state index < -0.39 is 11.6 Å². The quantitative estimate of drug-likeness (QED) is 0.805. The third kappa shape index (κ3) is 4.20. The molecule has 1 amide bonds. The van der Waals surface area contributed by atoms with Crippen LogP contribution in [0, 0.1) is 17.5 Å². The Hall–Kier alpha value is -2.38. The topological polar surface area (TPSA) is 26.8 Å². The minimum absolute atomic E-state index is 0.0469. The average molecular weight is 389 g/mol. The second-order valence-corrected chi connectivity index (χ2v) is 7.45. The molecular weight excluding hydrogens is 367 g/mol. The van der Waals surface area contributed by atoms with Crippen LogP contribution in [0.1, 0.15) is 11.1 Å². The number of nitrogens with zero attached hydrogens (tertiary/aromatic N) is 3. The molecule has 2 aromatic rings. The lowest BCUT2D eigenvalue weighted by molar-refractivity contribution is -0.146. The largest absolute Gasteiger partial charge is 0.336 e. The molecule has 0 radical (unpaired) electrons. The Bertz CT molecular complexity index is 838. The van der Waals surface area contributed by atoms with E-state index in [9.17, 15) is 18.0 Å². The van der Waals surface area contributed by atoms with Gasteiger partial charge < -0.3 is 4.90 Å². The summed E-state index contributed by atoms with van der Waals surface area (Å²) in [7, 11) is 0. The van der Waals surface area contributed by atoms with Gasteiger partial charge in [-0.05, 0) is 35.4 Å². The van der Waals surface area contributed by atoms with E-state index in [1.165, 1.54) is 24.3 Å². The number of carbonyl (C=O) groups excluding carboxylic acids is 1. The molecule has 0 spiro atoms. The highest BCUT2D eigenvalue weighted by molar-refractivity contribution is 5.83. The van der Waals surface area contributed by atoms with Gasteiger partial charge in [0.05, 0.1) is 0 Å². The van der Waals surface area contributed by atoms with Crippen LogP contribution in [0.25, 0.3) is 0 Å². The van der Waals surface area contributed by atoms with Crippen LogP contribution in [-0.4, -0.2) is 59.4 Å². The Balaban J connectivity index is 1.42. The molecule has 1 unspecified atom stereocenters. The lowest BCUT2D eigenvalue weighted by Gasteiger charge is -2.46. The fraction of sp³-hybridized carbons (Fsp3) is 0.381. The summed E-state index contributed by atoms with van der Waals surface area (Å²) in [5, 5.41) is 0. The SMILES string of the molecule is O=C1C2CN(Cc3cc(F)cc(F)c3)CCN2CCN1Cc1ccc(F)cc1. The van der Waals surface area contributed by atoms with Gasteiger partial charge in [-0.2, -0.15) is 0 Å².